The Labute approximate surface area is 81.2 Å². The number of rotatable bonds is 3. The Kier molecular flexibility index (Phi) is 4.20. The molecule has 0 amide bonds. The lowest BCUT2D eigenvalue weighted by atomic mass is 9.93. The number of hydrogen-bond acceptors (Lipinski definition) is 1. The van der Waals surface area contributed by atoms with Crippen LogP contribution in [-0.4, -0.2) is 5.78 Å². The number of allylic oxidation sites excluding steroid dienone is 2. The van der Waals surface area contributed by atoms with Crippen LogP contribution in [0.5, 0.6) is 0 Å². The highest BCUT2D eigenvalue weighted by Gasteiger charge is 2.08. The van der Waals surface area contributed by atoms with E-state index in [0.29, 0.717) is 18.1 Å². The molecule has 1 fully saturated rings. The molecule has 1 aliphatic rings. The van der Waals surface area contributed by atoms with E-state index in [2.05, 4.69) is 13.8 Å². The van der Waals surface area contributed by atoms with Crippen molar-refractivity contribution in [1.29, 1.82) is 0 Å². The van der Waals surface area contributed by atoms with Gasteiger partial charge >= 0.3 is 0 Å². The standard InChI is InChI=1S/C12H20O/c1-10(2)8-12(13)9-11-6-4-3-5-7-11/h9-10H,3-8H2,1-2H3. The van der Waals surface area contributed by atoms with Crippen LogP contribution < -0.4 is 0 Å². The first kappa shape index (κ1) is 10.5. The Morgan fingerprint density at radius 3 is 2.46 bits per heavy atom. The minimum absolute atomic E-state index is 0.326. The highest BCUT2D eigenvalue weighted by atomic mass is 16.1. The average molecular weight is 180 g/mol. The Morgan fingerprint density at radius 1 is 1.31 bits per heavy atom. The summed E-state index contributed by atoms with van der Waals surface area (Å²) >= 11 is 0. The van der Waals surface area contributed by atoms with Crippen LogP contribution in [-0.2, 0) is 4.79 Å². The number of hydrogen-bond donors (Lipinski definition) is 0. The maximum atomic E-state index is 11.4. The van der Waals surface area contributed by atoms with E-state index in [-0.39, 0.29) is 0 Å². The molecule has 1 nitrogen and oxygen atoms in total. The van der Waals surface area contributed by atoms with Crippen molar-refractivity contribution in [1.82, 2.24) is 0 Å². The zero-order valence-electron chi connectivity index (χ0n) is 8.81. The largest absolute Gasteiger partial charge is 0.295 e. The summed E-state index contributed by atoms with van der Waals surface area (Å²) in [5, 5.41) is 0. The highest BCUT2D eigenvalue weighted by Crippen LogP contribution is 2.22. The molecule has 0 heterocycles. The predicted octanol–water partition coefficient (Wildman–Crippen LogP) is 3.49. The second-order valence-corrected chi connectivity index (χ2v) is 4.43. The molecule has 0 spiro atoms. The molecule has 13 heavy (non-hydrogen) atoms. The molecule has 0 N–H and O–H groups in total. The van der Waals surface area contributed by atoms with Crippen LogP contribution in [0.15, 0.2) is 11.6 Å². The van der Waals surface area contributed by atoms with Gasteiger partial charge in [0.05, 0.1) is 0 Å². The molecule has 1 rings (SSSR count). The maximum Gasteiger partial charge on any atom is 0.155 e. The molecule has 0 atom stereocenters. The molecule has 0 saturated heterocycles. The zero-order valence-corrected chi connectivity index (χ0v) is 8.81. The predicted molar refractivity (Wildman–Crippen MR) is 55.6 cm³/mol. The van der Waals surface area contributed by atoms with Gasteiger partial charge in [-0.25, -0.2) is 0 Å². The monoisotopic (exact) mass is 180 g/mol. The molecular formula is C12H20O. The Hall–Kier alpha value is -0.590. The lowest BCUT2D eigenvalue weighted by Crippen LogP contribution is -2.02. The summed E-state index contributed by atoms with van der Waals surface area (Å²) in [4.78, 5) is 11.4. The Bertz CT molecular complexity index is 193. The van der Waals surface area contributed by atoms with E-state index in [9.17, 15) is 4.79 Å². The van der Waals surface area contributed by atoms with Gasteiger partial charge in [-0.3, -0.25) is 4.79 Å². The summed E-state index contributed by atoms with van der Waals surface area (Å²) in [7, 11) is 0. The molecule has 0 aromatic heterocycles. The third kappa shape index (κ3) is 4.25. The number of ketones is 1. The highest BCUT2D eigenvalue weighted by molar-refractivity contribution is 5.90. The van der Waals surface area contributed by atoms with E-state index in [0.717, 1.165) is 12.8 Å². The lowest BCUT2D eigenvalue weighted by molar-refractivity contribution is -0.115. The number of carbonyl (C=O) groups is 1. The second kappa shape index (κ2) is 5.21. The Morgan fingerprint density at radius 2 is 1.92 bits per heavy atom. The molecule has 74 valence electrons. The fraction of sp³-hybridized carbons (Fsp3) is 0.750. The average Bonchev–Trinajstić information content (AvgIpc) is 2.04. The second-order valence-electron chi connectivity index (χ2n) is 4.43. The third-order valence-electron chi connectivity index (χ3n) is 2.47. The maximum absolute atomic E-state index is 11.4. The smallest absolute Gasteiger partial charge is 0.155 e. The van der Waals surface area contributed by atoms with Crippen LogP contribution in [0.3, 0.4) is 0 Å². The minimum atomic E-state index is 0.326. The summed E-state index contributed by atoms with van der Waals surface area (Å²) in [5.74, 6) is 0.819. The van der Waals surface area contributed by atoms with Crippen molar-refractivity contribution in [3.8, 4) is 0 Å². The molecule has 0 unspecified atom stereocenters. The first-order chi connectivity index (χ1) is 6.18. The van der Waals surface area contributed by atoms with Crippen LogP contribution in [0.2, 0.25) is 0 Å². The lowest BCUT2D eigenvalue weighted by Gasteiger charge is -2.13. The zero-order chi connectivity index (χ0) is 9.68. The van der Waals surface area contributed by atoms with Gasteiger partial charge in [-0.1, -0.05) is 25.8 Å². The van der Waals surface area contributed by atoms with E-state index >= 15 is 0 Å². The van der Waals surface area contributed by atoms with Gasteiger partial charge in [0.25, 0.3) is 0 Å². The molecule has 1 aliphatic carbocycles. The van der Waals surface area contributed by atoms with Crippen LogP contribution in [0.1, 0.15) is 52.4 Å². The van der Waals surface area contributed by atoms with Crippen molar-refractivity contribution in [2.24, 2.45) is 5.92 Å². The SMILES string of the molecule is CC(C)CC(=O)C=C1CCCCC1. The van der Waals surface area contributed by atoms with Crippen molar-refractivity contribution in [2.45, 2.75) is 52.4 Å². The van der Waals surface area contributed by atoms with Gasteiger partial charge in [0.2, 0.25) is 0 Å². The summed E-state index contributed by atoms with van der Waals surface area (Å²) in [5.41, 5.74) is 1.39. The quantitative estimate of drug-likeness (QED) is 0.607. The van der Waals surface area contributed by atoms with E-state index < -0.39 is 0 Å². The summed E-state index contributed by atoms with van der Waals surface area (Å²) in [6, 6.07) is 0. The summed E-state index contributed by atoms with van der Waals surface area (Å²) < 4.78 is 0. The summed E-state index contributed by atoms with van der Waals surface area (Å²) in [6.45, 7) is 4.19. The van der Waals surface area contributed by atoms with Gasteiger partial charge in [0.1, 0.15) is 0 Å². The first-order valence-electron chi connectivity index (χ1n) is 5.41. The van der Waals surface area contributed by atoms with Crippen molar-refractivity contribution < 1.29 is 4.79 Å². The molecule has 0 aliphatic heterocycles. The van der Waals surface area contributed by atoms with Gasteiger partial charge in [-0.2, -0.15) is 0 Å². The van der Waals surface area contributed by atoms with E-state index in [1.165, 1.54) is 24.8 Å². The van der Waals surface area contributed by atoms with Gasteiger partial charge < -0.3 is 0 Å². The van der Waals surface area contributed by atoms with Crippen LogP contribution in [0.4, 0.5) is 0 Å². The van der Waals surface area contributed by atoms with Crippen molar-refractivity contribution in [3.05, 3.63) is 11.6 Å². The van der Waals surface area contributed by atoms with Crippen LogP contribution in [0, 0.1) is 5.92 Å². The first-order valence-corrected chi connectivity index (χ1v) is 5.41. The molecule has 0 aromatic carbocycles. The molecular weight excluding hydrogens is 160 g/mol. The van der Waals surface area contributed by atoms with E-state index in [1.54, 1.807) is 0 Å². The Balaban J connectivity index is 2.39. The normalized spacial score (nSPS) is 17.6. The molecule has 0 bridgehead atoms. The van der Waals surface area contributed by atoms with Gasteiger partial charge in [0, 0.05) is 6.42 Å². The van der Waals surface area contributed by atoms with Gasteiger partial charge in [0.15, 0.2) is 5.78 Å². The van der Waals surface area contributed by atoms with Gasteiger partial charge in [-0.05, 0) is 37.7 Å². The molecule has 1 heteroatoms. The molecule has 0 radical (unpaired) electrons. The van der Waals surface area contributed by atoms with Crippen molar-refractivity contribution >= 4 is 5.78 Å². The third-order valence-corrected chi connectivity index (χ3v) is 2.47. The van der Waals surface area contributed by atoms with Gasteiger partial charge in [-0.15, -0.1) is 0 Å². The van der Waals surface area contributed by atoms with Crippen LogP contribution in [0.25, 0.3) is 0 Å². The fourth-order valence-corrected chi connectivity index (χ4v) is 1.84. The molecule has 1 saturated carbocycles. The fourth-order valence-electron chi connectivity index (χ4n) is 1.84. The number of carbonyl (C=O) groups excluding carboxylic acids is 1. The van der Waals surface area contributed by atoms with E-state index in [1.807, 2.05) is 6.08 Å². The summed E-state index contributed by atoms with van der Waals surface area (Å²) in [6.07, 6.45) is 8.83. The van der Waals surface area contributed by atoms with Crippen LogP contribution >= 0.6 is 0 Å². The van der Waals surface area contributed by atoms with Crippen molar-refractivity contribution in [2.75, 3.05) is 0 Å². The minimum Gasteiger partial charge on any atom is -0.295 e. The molecule has 0 aromatic rings. The van der Waals surface area contributed by atoms with Crippen molar-refractivity contribution in [3.63, 3.8) is 0 Å². The topological polar surface area (TPSA) is 17.1 Å². The van der Waals surface area contributed by atoms with E-state index in [4.69, 9.17) is 0 Å².